The van der Waals surface area contributed by atoms with Crippen LogP contribution in [0.1, 0.15) is 24.8 Å². The molecule has 2 rings (SSSR count). The number of halogens is 1. The molecular formula is C12H16ClNO. The maximum absolute atomic E-state index is 6.29. The van der Waals surface area contributed by atoms with E-state index in [1.54, 1.807) is 0 Å². The van der Waals surface area contributed by atoms with Gasteiger partial charge in [0.15, 0.2) is 0 Å². The number of hydrogen-bond donors (Lipinski definition) is 0. The number of pyridine rings is 1. The highest BCUT2D eigenvalue weighted by Gasteiger charge is 2.19. The Labute approximate surface area is 95.6 Å². The molecule has 1 aliphatic heterocycles. The topological polar surface area (TPSA) is 22.1 Å². The van der Waals surface area contributed by atoms with Crippen LogP contribution in [0.2, 0.25) is 0 Å². The summed E-state index contributed by atoms with van der Waals surface area (Å²) in [4.78, 5) is 3.99. The molecule has 82 valence electrons. The van der Waals surface area contributed by atoms with Gasteiger partial charge in [-0.2, -0.15) is 0 Å². The molecule has 15 heavy (non-hydrogen) atoms. The Morgan fingerprint density at radius 3 is 2.93 bits per heavy atom. The van der Waals surface area contributed by atoms with Crippen LogP contribution < -0.4 is 0 Å². The van der Waals surface area contributed by atoms with Gasteiger partial charge in [0.25, 0.3) is 0 Å². The van der Waals surface area contributed by atoms with Crippen molar-refractivity contribution >= 4 is 11.6 Å². The maximum atomic E-state index is 6.29. The molecule has 0 bridgehead atoms. The summed E-state index contributed by atoms with van der Waals surface area (Å²) in [5.41, 5.74) is 1.25. The summed E-state index contributed by atoms with van der Waals surface area (Å²) in [6.07, 6.45) is 8.22. The van der Waals surface area contributed by atoms with Crippen molar-refractivity contribution in [1.29, 1.82) is 0 Å². The Kier molecular flexibility index (Phi) is 3.98. The first-order valence-corrected chi connectivity index (χ1v) is 5.93. The highest BCUT2D eigenvalue weighted by Crippen LogP contribution is 2.21. The Bertz CT molecular complexity index is 285. The van der Waals surface area contributed by atoms with Crippen LogP contribution in [0.3, 0.4) is 0 Å². The Hall–Kier alpha value is -0.600. The lowest BCUT2D eigenvalue weighted by atomic mass is 10.1. The van der Waals surface area contributed by atoms with Gasteiger partial charge in [-0.3, -0.25) is 4.98 Å². The van der Waals surface area contributed by atoms with Crippen LogP contribution in [-0.2, 0) is 11.2 Å². The van der Waals surface area contributed by atoms with Crippen molar-refractivity contribution in [2.75, 3.05) is 6.61 Å². The molecule has 0 saturated carbocycles. The van der Waals surface area contributed by atoms with Gasteiger partial charge < -0.3 is 4.74 Å². The van der Waals surface area contributed by atoms with Crippen molar-refractivity contribution in [2.45, 2.75) is 37.2 Å². The molecule has 2 heterocycles. The molecule has 0 radical (unpaired) electrons. The van der Waals surface area contributed by atoms with Crippen LogP contribution in [0.15, 0.2) is 24.5 Å². The van der Waals surface area contributed by atoms with Gasteiger partial charge in [0, 0.05) is 24.4 Å². The fourth-order valence-corrected chi connectivity index (χ4v) is 2.35. The number of nitrogens with zero attached hydrogens (tertiary/aromatic N) is 1. The smallest absolute Gasteiger partial charge is 0.0590 e. The third-order valence-corrected chi connectivity index (χ3v) is 3.08. The highest BCUT2D eigenvalue weighted by molar-refractivity contribution is 6.20. The van der Waals surface area contributed by atoms with E-state index in [9.17, 15) is 0 Å². The molecule has 2 nitrogen and oxygen atoms in total. The van der Waals surface area contributed by atoms with E-state index in [1.165, 1.54) is 18.4 Å². The van der Waals surface area contributed by atoms with E-state index in [4.69, 9.17) is 16.3 Å². The highest BCUT2D eigenvalue weighted by atomic mass is 35.5. The molecule has 0 aromatic carbocycles. The molecule has 0 spiro atoms. The Morgan fingerprint density at radius 1 is 1.47 bits per heavy atom. The van der Waals surface area contributed by atoms with Crippen molar-refractivity contribution in [2.24, 2.45) is 0 Å². The molecule has 0 N–H and O–H groups in total. The van der Waals surface area contributed by atoms with Gasteiger partial charge in [0.1, 0.15) is 0 Å². The molecule has 1 fully saturated rings. The van der Waals surface area contributed by atoms with Gasteiger partial charge >= 0.3 is 0 Å². The third kappa shape index (κ3) is 3.47. The predicted molar refractivity (Wildman–Crippen MR) is 61.2 cm³/mol. The maximum Gasteiger partial charge on any atom is 0.0590 e. The molecule has 1 aromatic rings. The van der Waals surface area contributed by atoms with Crippen LogP contribution in [0.25, 0.3) is 0 Å². The summed E-state index contributed by atoms with van der Waals surface area (Å²) in [6.45, 7) is 0.906. The van der Waals surface area contributed by atoms with E-state index >= 15 is 0 Å². The quantitative estimate of drug-likeness (QED) is 0.736. The van der Waals surface area contributed by atoms with Crippen LogP contribution in [0.4, 0.5) is 0 Å². The van der Waals surface area contributed by atoms with Gasteiger partial charge in [0.2, 0.25) is 0 Å². The van der Waals surface area contributed by atoms with Crippen molar-refractivity contribution in [3.05, 3.63) is 30.1 Å². The van der Waals surface area contributed by atoms with E-state index in [-0.39, 0.29) is 5.38 Å². The van der Waals surface area contributed by atoms with Crippen molar-refractivity contribution < 1.29 is 4.74 Å². The zero-order valence-corrected chi connectivity index (χ0v) is 9.49. The van der Waals surface area contributed by atoms with Crippen LogP contribution >= 0.6 is 11.6 Å². The van der Waals surface area contributed by atoms with E-state index < -0.39 is 0 Å². The summed E-state index contributed by atoms with van der Waals surface area (Å²) in [5.74, 6) is 0. The van der Waals surface area contributed by atoms with E-state index in [2.05, 4.69) is 4.98 Å². The van der Waals surface area contributed by atoms with Gasteiger partial charge in [-0.15, -0.1) is 11.6 Å². The number of alkyl halides is 1. The van der Waals surface area contributed by atoms with E-state index in [1.807, 2.05) is 24.5 Å². The SMILES string of the molecule is ClC(Cc1ccncc1)CC1CCCO1. The minimum Gasteiger partial charge on any atom is -0.378 e. The van der Waals surface area contributed by atoms with Crippen LogP contribution in [-0.4, -0.2) is 23.1 Å². The zero-order chi connectivity index (χ0) is 10.5. The summed E-state index contributed by atoms with van der Waals surface area (Å²) in [5, 5.41) is 0.176. The molecule has 1 aromatic heterocycles. The molecule has 3 heteroatoms. The lowest BCUT2D eigenvalue weighted by Crippen LogP contribution is -2.14. The molecule has 1 saturated heterocycles. The second-order valence-corrected chi connectivity index (χ2v) is 4.64. The molecule has 0 amide bonds. The van der Waals surface area contributed by atoms with Crippen molar-refractivity contribution in [3.63, 3.8) is 0 Å². The number of rotatable bonds is 4. The van der Waals surface area contributed by atoms with Gasteiger partial charge in [0.05, 0.1) is 6.10 Å². The molecule has 1 aliphatic rings. The molecular weight excluding hydrogens is 210 g/mol. The summed E-state index contributed by atoms with van der Waals surface area (Å²) < 4.78 is 5.56. The number of aromatic nitrogens is 1. The second-order valence-electron chi connectivity index (χ2n) is 4.03. The average Bonchev–Trinajstić information content (AvgIpc) is 2.71. The monoisotopic (exact) mass is 225 g/mol. The standard InChI is InChI=1S/C12H16ClNO/c13-11(9-12-2-1-7-15-12)8-10-3-5-14-6-4-10/h3-6,11-12H,1-2,7-9H2. The zero-order valence-electron chi connectivity index (χ0n) is 8.73. The molecule has 2 atom stereocenters. The first-order chi connectivity index (χ1) is 7.34. The third-order valence-electron chi connectivity index (χ3n) is 2.75. The number of hydrogen-bond acceptors (Lipinski definition) is 2. The Balaban J connectivity index is 1.79. The van der Waals surface area contributed by atoms with E-state index in [0.717, 1.165) is 19.4 Å². The first-order valence-electron chi connectivity index (χ1n) is 5.49. The minimum atomic E-state index is 0.176. The predicted octanol–water partition coefficient (Wildman–Crippen LogP) is 2.80. The molecule has 0 aliphatic carbocycles. The summed E-state index contributed by atoms with van der Waals surface area (Å²) in [6, 6.07) is 4.04. The lowest BCUT2D eigenvalue weighted by molar-refractivity contribution is 0.103. The van der Waals surface area contributed by atoms with Crippen molar-refractivity contribution in [3.8, 4) is 0 Å². The second kappa shape index (κ2) is 5.47. The van der Waals surface area contributed by atoms with Gasteiger partial charge in [-0.1, -0.05) is 0 Å². The van der Waals surface area contributed by atoms with E-state index in [0.29, 0.717) is 6.10 Å². The number of ether oxygens (including phenoxy) is 1. The summed E-state index contributed by atoms with van der Waals surface area (Å²) in [7, 11) is 0. The average molecular weight is 226 g/mol. The van der Waals surface area contributed by atoms with Gasteiger partial charge in [-0.05, 0) is 43.4 Å². The fourth-order valence-electron chi connectivity index (χ4n) is 1.97. The van der Waals surface area contributed by atoms with Gasteiger partial charge in [-0.25, -0.2) is 0 Å². The molecule has 2 unspecified atom stereocenters. The summed E-state index contributed by atoms with van der Waals surface area (Å²) >= 11 is 6.29. The fraction of sp³-hybridized carbons (Fsp3) is 0.583. The lowest BCUT2D eigenvalue weighted by Gasteiger charge is -2.14. The van der Waals surface area contributed by atoms with Crippen molar-refractivity contribution in [1.82, 2.24) is 4.98 Å². The van der Waals surface area contributed by atoms with Crippen LogP contribution in [0.5, 0.6) is 0 Å². The minimum absolute atomic E-state index is 0.176. The first kappa shape index (κ1) is 10.9. The largest absolute Gasteiger partial charge is 0.378 e. The Morgan fingerprint density at radius 2 is 2.27 bits per heavy atom. The normalized spacial score (nSPS) is 22.9. The van der Waals surface area contributed by atoms with Crippen LogP contribution in [0, 0.1) is 0 Å².